The van der Waals surface area contributed by atoms with Crippen LogP contribution in [0.15, 0.2) is 0 Å². The summed E-state index contributed by atoms with van der Waals surface area (Å²) in [5, 5.41) is 10.3. The summed E-state index contributed by atoms with van der Waals surface area (Å²) in [7, 11) is 0. The van der Waals surface area contributed by atoms with E-state index in [1.165, 1.54) is 12.8 Å². The summed E-state index contributed by atoms with van der Waals surface area (Å²) >= 11 is 0. The Bertz CT molecular complexity index is 296. The number of hydrogen-bond donors (Lipinski definition) is 1. The summed E-state index contributed by atoms with van der Waals surface area (Å²) in [6, 6.07) is 0. The monoisotopic (exact) mass is 222 g/mol. The lowest BCUT2D eigenvalue weighted by Crippen LogP contribution is -2.69. The topological polar surface area (TPSA) is 20.2 Å². The molecule has 7 unspecified atom stereocenters. The molecule has 92 valence electrons. The Hall–Kier alpha value is -0.0400. The molecule has 4 rings (SSSR count). The summed E-state index contributed by atoms with van der Waals surface area (Å²) in [6.45, 7) is 9.50. The third-order valence-corrected chi connectivity index (χ3v) is 6.34. The molecule has 4 bridgehead atoms. The smallest absolute Gasteiger partial charge is 0.0579 e. The van der Waals surface area contributed by atoms with Gasteiger partial charge in [0, 0.05) is 0 Å². The second kappa shape index (κ2) is 3.25. The van der Waals surface area contributed by atoms with Gasteiger partial charge in [0.2, 0.25) is 0 Å². The predicted molar refractivity (Wildman–Crippen MR) is 65.9 cm³/mol. The lowest BCUT2D eigenvalue weighted by Gasteiger charge is -2.73. The van der Waals surface area contributed by atoms with Gasteiger partial charge >= 0.3 is 0 Å². The minimum atomic E-state index is -0.0206. The molecule has 0 aromatic carbocycles. The zero-order valence-electron chi connectivity index (χ0n) is 11.1. The van der Waals surface area contributed by atoms with Crippen LogP contribution in [0.5, 0.6) is 0 Å². The molecule has 0 radical (unpaired) electrons. The Balaban J connectivity index is 1.93. The van der Waals surface area contributed by atoms with Gasteiger partial charge in [-0.1, -0.05) is 34.1 Å². The molecule has 4 aliphatic rings. The van der Waals surface area contributed by atoms with Crippen LogP contribution in [0.4, 0.5) is 0 Å². The van der Waals surface area contributed by atoms with E-state index in [-0.39, 0.29) is 6.10 Å². The first-order valence-electron chi connectivity index (χ1n) is 7.15. The van der Waals surface area contributed by atoms with E-state index >= 15 is 0 Å². The van der Waals surface area contributed by atoms with Crippen molar-refractivity contribution in [2.24, 2.45) is 40.9 Å². The Morgan fingerprint density at radius 3 is 2.50 bits per heavy atom. The van der Waals surface area contributed by atoms with Crippen LogP contribution in [0, 0.1) is 40.9 Å². The van der Waals surface area contributed by atoms with Gasteiger partial charge in [-0.3, -0.25) is 0 Å². The molecule has 0 saturated heterocycles. The first-order valence-corrected chi connectivity index (χ1v) is 7.15. The van der Waals surface area contributed by atoms with Crippen LogP contribution in [-0.2, 0) is 0 Å². The maximum atomic E-state index is 10.3. The number of rotatable bonds is 1. The largest absolute Gasteiger partial charge is 0.393 e. The quantitative estimate of drug-likeness (QED) is 0.721. The van der Waals surface area contributed by atoms with Crippen LogP contribution in [-0.4, -0.2) is 11.2 Å². The highest BCUT2D eigenvalue weighted by molar-refractivity contribution is 5.17. The molecule has 0 aromatic heterocycles. The van der Waals surface area contributed by atoms with E-state index < -0.39 is 0 Å². The Morgan fingerprint density at radius 1 is 1.25 bits per heavy atom. The maximum absolute atomic E-state index is 10.3. The van der Waals surface area contributed by atoms with Crippen LogP contribution in [0.1, 0.15) is 47.0 Å². The van der Waals surface area contributed by atoms with Crippen molar-refractivity contribution in [3.8, 4) is 0 Å². The lowest BCUT2D eigenvalue weighted by molar-refractivity contribution is -0.271. The highest BCUT2D eigenvalue weighted by Gasteiger charge is 2.68. The summed E-state index contributed by atoms with van der Waals surface area (Å²) in [4.78, 5) is 0. The molecule has 1 N–H and O–H groups in total. The molecule has 1 nitrogen and oxygen atoms in total. The van der Waals surface area contributed by atoms with E-state index in [9.17, 15) is 5.11 Å². The zero-order valence-corrected chi connectivity index (χ0v) is 11.1. The van der Waals surface area contributed by atoms with Gasteiger partial charge in [0.25, 0.3) is 0 Å². The molecule has 4 fully saturated rings. The van der Waals surface area contributed by atoms with Crippen LogP contribution >= 0.6 is 0 Å². The second-order valence-electron chi connectivity index (χ2n) is 7.36. The highest BCUT2D eigenvalue weighted by Crippen LogP contribution is 2.73. The molecule has 0 heterocycles. The Labute approximate surface area is 99.6 Å². The number of hydrogen-bond acceptors (Lipinski definition) is 1. The van der Waals surface area contributed by atoms with Gasteiger partial charge in [-0.2, -0.15) is 0 Å². The van der Waals surface area contributed by atoms with E-state index in [2.05, 4.69) is 27.7 Å². The highest BCUT2D eigenvalue weighted by atomic mass is 16.3. The molecular formula is C15H26O. The molecule has 1 heteroatoms. The van der Waals surface area contributed by atoms with Gasteiger partial charge in [0.05, 0.1) is 6.10 Å². The van der Waals surface area contributed by atoms with Gasteiger partial charge in [0.15, 0.2) is 0 Å². The van der Waals surface area contributed by atoms with E-state index in [0.717, 1.165) is 30.1 Å². The van der Waals surface area contributed by atoms with Crippen molar-refractivity contribution in [1.29, 1.82) is 0 Å². The summed E-state index contributed by atoms with van der Waals surface area (Å²) in [5.41, 5.74) is 0.493. The van der Waals surface area contributed by atoms with Gasteiger partial charge < -0.3 is 5.11 Å². The lowest BCUT2D eigenvalue weighted by atomic mass is 9.32. The first-order chi connectivity index (χ1) is 7.47. The SMILES string of the molecule is CC(C)C1C(O)CC2(C)C3CCC(C)C2C13. The fourth-order valence-electron chi connectivity index (χ4n) is 5.96. The Kier molecular flexibility index (Phi) is 2.25. The van der Waals surface area contributed by atoms with Crippen molar-refractivity contribution in [2.75, 3.05) is 0 Å². The fourth-order valence-corrected chi connectivity index (χ4v) is 5.96. The van der Waals surface area contributed by atoms with Crippen molar-refractivity contribution in [3.63, 3.8) is 0 Å². The molecule has 0 spiro atoms. The molecule has 4 aliphatic carbocycles. The summed E-state index contributed by atoms with van der Waals surface area (Å²) < 4.78 is 0. The molecular weight excluding hydrogens is 196 g/mol. The summed E-state index contributed by atoms with van der Waals surface area (Å²) in [5.74, 6) is 4.83. The van der Waals surface area contributed by atoms with Gasteiger partial charge in [-0.05, 0) is 53.8 Å². The van der Waals surface area contributed by atoms with Crippen molar-refractivity contribution in [1.82, 2.24) is 0 Å². The zero-order chi connectivity index (χ0) is 11.7. The summed E-state index contributed by atoms with van der Waals surface area (Å²) in [6.07, 6.45) is 3.91. The standard InChI is InChI=1S/C15H26O/c1-8(2)12-11(16)7-15(4)10-6-5-9(3)14(15)13(10)12/h8-14,16H,5-7H2,1-4H3. The van der Waals surface area contributed by atoms with Gasteiger partial charge in [0.1, 0.15) is 0 Å². The molecule has 0 amide bonds. The third-order valence-electron chi connectivity index (χ3n) is 6.34. The van der Waals surface area contributed by atoms with Crippen LogP contribution in [0.2, 0.25) is 0 Å². The van der Waals surface area contributed by atoms with Crippen LogP contribution in [0.3, 0.4) is 0 Å². The van der Waals surface area contributed by atoms with E-state index in [1.54, 1.807) is 0 Å². The molecule has 0 aromatic rings. The average Bonchev–Trinajstić information content (AvgIpc) is 2.15. The van der Waals surface area contributed by atoms with E-state index in [4.69, 9.17) is 0 Å². The second-order valence-corrected chi connectivity index (χ2v) is 7.36. The van der Waals surface area contributed by atoms with E-state index in [0.29, 0.717) is 17.3 Å². The number of fused-ring (bicyclic) bond motifs is 2. The van der Waals surface area contributed by atoms with Gasteiger partial charge in [-0.25, -0.2) is 0 Å². The van der Waals surface area contributed by atoms with E-state index in [1.807, 2.05) is 0 Å². The molecule has 0 aliphatic heterocycles. The van der Waals surface area contributed by atoms with Crippen LogP contribution < -0.4 is 0 Å². The van der Waals surface area contributed by atoms with Crippen molar-refractivity contribution < 1.29 is 5.11 Å². The minimum Gasteiger partial charge on any atom is -0.393 e. The number of aliphatic hydroxyl groups excluding tert-OH is 1. The van der Waals surface area contributed by atoms with Crippen molar-refractivity contribution in [3.05, 3.63) is 0 Å². The molecule has 16 heavy (non-hydrogen) atoms. The molecule has 4 saturated carbocycles. The maximum Gasteiger partial charge on any atom is 0.0579 e. The fraction of sp³-hybridized carbons (Fsp3) is 1.00. The third kappa shape index (κ3) is 1.11. The van der Waals surface area contributed by atoms with Crippen LogP contribution in [0.25, 0.3) is 0 Å². The first kappa shape index (κ1) is 11.1. The molecule has 7 atom stereocenters. The van der Waals surface area contributed by atoms with Crippen molar-refractivity contribution >= 4 is 0 Å². The van der Waals surface area contributed by atoms with Gasteiger partial charge in [-0.15, -0.1) is 0 Å². The Morgan fingerprint density at radius 2 is 1.94 bits per heavy atom. The average molecular weight is 222 g/mol. The minimum absolute atomic E-state index is 0.0206. The predicted octanol–water partition coefficient (Wildman–Crippen LogP) is 3.32. The normalized spacial score (nSPS) is 59.6. The number of aliphatic hydroxyl groups is 1. The van der Waals surface area contributed by atoms with Crippen molar-refractivity contribution in [2.45, 2.75) is 53.1 Å².